The maximum atomic E-state index is 11.9. The molecule has 0 saturated carbocycles. The fourth-order valence-corrected chi connectivity index (χ4v) is 3.78. The van der Waals surface area contributed by atoms with E-state index in [9.17, 15) is 8.42 Å². The Morgan fingerprint density at radius 1 is 0.929 bits per heavy atom. The summed E-state index contributed by atoms with van der Waals surface area (Å²) in [5.74, 6) is -0.0200. The lowest BCUT2D eigenvalue weighted by molar-refractivity contribution is 0.294. The molecule has 28 heavy (non-hydrogen) atoms. The van der Waals surface area contributed by atoms with Gasteiger partial charge in [-0.25, -0.2) is 4.98 Å². The van der Waals surface area contributed by atoms with Crippen LogP contribution in [0.5, 0.6) is 5.88 Å². The summed E-state index contributed by atoms with van der Waals surface area (Å²) in [6, 6.07) is 17.8. The molecule has 0 aliphatic carbocycles. The number of benzene rings is 2. The number of nitrogens with zero attached hydrogens (tertiary/aromatic N) is 1. The molecule has 3 aromatic rings. The Bertz CT molecular complexity index is 1050. The van der Waals surface area contributed by atoms with E-state index >= 15 is 0 Å². The van der Waals surface area contributed by atoms with Gasteiger partial charge in [0, 0.05) is 21.7 Å². The summed E-state index contributed by atoms with van der Waals surface area (Å²) in [7, 11) is -2.58. The molecule has 0 N–H and O–H groups in total. The van der Waals surface area contributed by atoms with E-state index in [0.717, 1.165) is 12.7 Å². The largest absolute Gasteiger partial charge is 0.473 e. The van der Waals surface area contributed by atoms with Crippen LogP contribution >= 0.6 is 23.2 Å². The highest BCUT2D eigenvalue weighted by Gasteiger charge is 2.14. The van der Waals surface area contributed by atoms with Crippen molar-refractivity contribution in [3.05, 3.63) is 81.8 Å². The molecule has 2 aromatic carbocycles. The molecule has 0 amide bonds. The van der Waals surface area contributed by atoms with Gasteiger partial charge < -0.3 is 4.74 Å². The summed E-state index contributed by atoms with van der Waals surface area (Å²) in [5, 5.41) is 0.900. The maximum absolute atomic E-state index is 11.9. The van der Waals surface area contributed by atoms with Crippen molar-refractivity contribution < 1.29 is 17.3 Å². The van der Waals surface area contributed by atoms with Gasteiger partial charge in [0.1, 0.15) is 12.4 Å². The van der Waals surface area contributed by atoms with Gasteiger partial charge in [-0.15, -0.1) is 0 Å². The van der Waals surface area contributed by atoms with Crippen molar-refractivity contribution >= 4 is 33.3 Å². The third-order valence-electron chi connectivity index (χ3n) is 3.85. The fraction of sp³-hybridized carbons (Fsp3) is 0.150. The van der Waals surface area contributed by atoms with Crippen LogP contribution in [0.1, 0.15) is 11.1 Å². The van der Waals surface area contributed by atoms with Crippen molar-refractivity contribution in [1.82, 2.24) is 4.98 Å². The molecule has 0 aliphatic rings. The number of rotatable bonds is 7. The summed E-state index contributed by atoms with van der Waals surface area (Å²) in [6.45, 7) is 0.296. The monoisotopic (exact) mass is 437 g/mol. The molecule has 0 radical (unpaired) electrons. The minimum Gasteiger partial charge on any atom is -0.473 e. The van der Waals surface area contributed by atoms with Crippen molar-refractivity contribution in [2.75, 3.05) is 7.11 Å². The quantitative estimate of drug-likeness (QED) is 0.480. The predicted octanol–water partition coefficient (Wildman–Crippen LogP) is 5.11. The van der Waals surface area contributed by atoms with E-state index in [4.69, 9.17) is 27.9 Å². The average molecular weight is 438 g/mol. The summed E-state index contributed by atoms with van der Waals surface area (Å²) >= 11 is 12.2. The first kappa shape index (κ1) is 20.6. The zero-order valence-electron chi connectivity index (χ0n) is 14.9. The molecule has 0 unspecified atom stereocenters. The molecular weight excluding hydrogens is 421 g/mol. The van der Waals surface area contributed by atoms with Gasteiger partial charge in [0.05, 0.1) is 12.8 Å². The van der Waals surface area contributed by atoms with E-state index < -0.39 is 10.1 Å². The van der Waals surface area contributed by atoms with E-state index in [1.54, 1.807) is 30.3 Å². The number of ether oxygens (including phenoxy) is 1. The normalized spacial score (nSPS) is 11.4. The number of hydrogen-bond donors (Lipinski definition) is 0. The topological polar surface area (TPSA) is 65.5 Å². The highest BCUT2D eigenvalue weighted by Crippen LogP contribution is 2.29. The van der Waals surface area contributed by atoms with Crippen molar-refractivity contribution in [2.45, 2.75) is 12.4 Å². The van der Waals surface area contributed by atoms with Gasteiger partial charge in [0.15, 0.2) is 0 Å². The molecule has 1 aromatic heterocycles. The molecule has 0 aliphatic heterocycles. The van der Waals surface area contributed by atoms with E-state index in [1.807, 2.05) is 30.3 Å². The Morgan fingerprint density at radius 2 is 1.61 bits per heavy atom. The number of pyridine rings is 1. The lowest BCUT2D eigenvalue weighted by Crippen LogP contribution is -2.07. The van der Waals surface area contributed by atoms with Crippen LogP contribution in [0.3, 0.4) is 0 Å². The number of halogens is 2. The predicted molar refractivity (Wildman–Crippen MR) is 110 cm³/mol. The van der Waals surface area contributed by atoms with Gasteiger partial charge in [-0.05, 0) is 35.4 Å². The first-order valence-corrected chi connectivity index (χ1v) is 10.6. The van der Waals surface area contributed by atoms with E-state index in [1.165, 1.54) is 0 Å². The Balaban J connectivity index is 1.98. The number of aromatic nitrogens is 1. The Kier molecular flexibility index (Phi) is 6.57. The molecule has 1 heterocycles. The second-order valence-electron chi connectivity index (χ2n) is 6.00. The summed E-state index contributed by atoms with van der Waals surface area (Å²) < 4.78 is 34.1. The van der Waals surface area contributed by atoms with Crippen LogP contribution in [0, 0.1) is 0 Å². The van der Waals surface area contributed by atoms with Crippen LogP contribution in [0.15, 0.2) is 60.7 Å². The molecule has 146 valence electrons. The third kappa shape index (κ3) is 5.69. The van der Waals surface area contributed by atoms with Crippen LogP contribution in [-0.4, -0.2) is 20.5 Å². The number of hydrogen-bond acceptors (Lipinski definition) is 5. The molecule has 0 spiro atoms. The molecule has 5 nitrogen and oxygen atoms in total. The minimum absolute atomic E-state index is 0.291. The van der Waals surface area contributed by atoms with Crippen molar-refractivity contribution in [3.63, 3.8) is 0 Å². The Labute approximate surface area is 174 Å². The Morgan fingerprint density at radius 3 is 2.25 bits per heavy atom. The van der Waals surface area contributed by atoms with Crippen LogP contribution in [0.2, 0.25) is 10.0 Å². The standard InChI is InChI=1S/C20H17Cl2NO4S/c1-26-28(24,25)13-15-7-19(16-9-17(21)11-18(22)10-16)23-20(8-15)27-12-14-5-3-2-4-6-14/h2-11H,12-13H2,1H3. The molecule has 3 rings (SSSR count). The van der Waals surface area contributed by atoms with Crippen LogP contribution in [0.25, 0.3) is 11.3 Å². The van der Waals surface area contributed by atoms with E-state index in [-0.39, 0.29) is 5.75 Å². The van der Waals surface area contributed by atoms with Crippen molar-refractivity contribution in [2.24, 2.45) is 0 Å². The SMILES string of the molecule is COS(=O)(=O)Cc1cc(OCc2ccccc2)nc(-c2cc(Cl)cc(Cl)c2)c1. The van der Waals surface area contributed by atoms with Crippen LogP contribution in [0.4, 0.5) is 0 Å². The zero-order chi connectivity index (χ0) is 20.1. The Hall–Kier alpha value is -2.12. The molecule has 0 saturated heterocycles. The smallest absolute Gasteiger partial charge is 0.271 e. The van der Waals surface area contributed by atoms with E-state index in [0.29, 0.717) is 39.4 Å². The molecular formula is C20H17Cl2NO4S. The molecule has 0 fully saturated rings. The van der Waals surface area contributed by atoms with Crippen LogP contribution in [-0.2, 0) is 26.7 Å². The van der Waals surface area contributed by atoms with Gasteiger partial charge in [0.25, 0.3) is 10.1 Å². The zero-order valence-corrected chi connectivity index (χ0v) is 17.3. The van der Waals surface area contributed by atoms with Gasteiger partial charge in [-0.1, -0.05) is 53.5 Å². The second-order valence-corrected chi connectivity index (χ2v) is 8.61. The first-order chi connectivity index (χ1) is 13.3. The van der Waals surface area contributed by atoms with Gasteiger partial charge in [-0.2, -0.15) is 8.42 Å². The average Bonchev–Trinajstić information content (AvgIpc) is 2.66. The van der Waals surface area contributed by atoms with Crippen molar-refractivity contribution in [1.29, 1.82) is 0 Å². The van der Waals surface area contributed by atoms with Gasteiger partial charge >= 0.3 is 0 Å². The fourth-order valence-electron chi connectivity index (χ4n) is 2.56. The van der Waals surface area contributed by atoms with Gasteiger partial charge in [0.2, 0.25) is 5.88 Å². The van der Waals surface area contributed by atoms with Crippen LogP contribution < -0.4 is 4.74 Å². The molecule has 8 heteroatoms. The van der Waals surface area contributed by atoms with Crippen molar-refractivity contribution in [3.8, 4) is 17.1 Å². The third-order valence-corrected chi connectivity index (χ3v) is 5.48. The minimum atomic E-state index is -3.71. The second kappa shape index (κ2) is 8.92. The lowest BCUT2D eigenvalue weighted by atomic mass is 10.1. The first-order valence-electron chi connectivity index (χ1n) is 8.27. The van der Waals surface area contributed by atoms with Gasteiger partial charge in [-0.3, -0.25) is 4.18 Å². The highest BCUT2D eigenvalue weighted by atomic mass is 35.5. The summed E-state index contributed by atoms with van der Waals surface area (Å²) in [6.07, 6.45) is 0. The maximum Gasteiger partial charge on any atom is 0.271 e. The highest BCUT2D eigenvalue weighted by molar-refractivity contribution is 7.85. The van der Waals surface area contributed by atoms with E-state index in [2.05, 4.69) is 9.17 Å². The molecule has 0 atom stereocenters. The molecule has 0 bridgehead atoms. The summed E-state index contributed by atoms with van der Waals surface area (Å²) in [4.78, 5) is 4.48. The lowest BCUT2D eigenvalue weighted by Gasteiger charge is -2.11. The summed E-state index contributed by atoms with van der Waals surface area (Å²) in [5.41, 5.74) is 2.59.